The van der Waals surface area contributed by atoms with Crippen molar-refractivity contribution in [1.82, 2.24) is 5.32 Å². The van der Waals surface area contributed by atoms with Gasteiger partial charge in [0, 0.05) is 34.3 Å². The molecule has 4 rings (SSSR count). The van der Waals surface area contributed by atoms with Crippen LogP contribution in [0.2, 0.25) is 10.0 Å². The Morgan fingerprint density at radius 1 is 1.12 bits per heavy atom. The summed E-state index contributed by atoms with van der Waals surface area (Å²) in [5.74, 6) is 0.0154. The third kappa shape index (κ3) is 2.68. The van der Waals surface area contributed by atoms with Crippen molar-refractivity contribution in [2.45, 2.75) is 24.3 Å². The van der Waals surface area contributed by atoms with E-state index >= 15 is 0 Å². The molecule has 6 heteroatoms. The summed E-state index contributed by atoms with van der Waals surface area (Å²) in [6, 6.07) is 12.6. The number of benzene rings is 2. The second-order valence-electron chi connectivity index (χ2n) is 7.23. The first-order chi connectivity index (χ1) is 12.4. The van der Waals surface area contributed by atoms with Gasteiger partial charge >= 0.3 is 0 Å². The molecule has 0 bridgehead atoms. The van der Waals surface area contributed by atoms with Crippen LogP contribution in [0.1, 0.15) is 29.9 Å². The van der Waals surface area contributed by atoms with E-state index in [9.17, 15) is 9.90 Å². The number of fused-ring (bicyclic) bond motifs is 1. The van der Waals surface area contributed by atoms with Crippen LogP contribution in [0.3, 0.4) is 0 Å². The van der Waals surface area contributed by atoms with E-state index in [4.69, 9.17) is 28.9 Å². The smallest absolute Gasteiger partial charge is 0.223 e. The number of nitrogens with one attached hydrogen (secondary N) is 1. The number of phenolic OH excluding ortho intramolecular Hbond substituents is 1. The largest absolute Gasteiger partial charge is 0.508 e. The van der Waals surface area contributed by atoms with Gasteiger partial charge in [0.05, 0.1) is 5.54 Å². The Bertz CT molecular complexity index is 855. The molecule has 2 aromatic rings. The molecule has 4 atom stereocenters. The van der Waals surface area contributed by atoms with E-state index in [-0.39, 0.29) is 29.4 Å². The monoisotopic (exact) mass is 390 g/mol. The Kier molecular flexibility index (Phi) is 4.38. The van der Waals surface area contributed by atoms with Crippen LogP contribution in [0.15, 0.2) is 42.5 Å². The first-order valence-electron chi connectivity index (χ1n) is 8.72. The first-order valence-corrected chi connectivity index (χ1v) is 9.48. The fourth-order valence-corrected chi connectivity index (χ4v) is 5.14. The number of halogens is 2. The van der Waals surface area contributed by atoms with E-state index in [0.717, 1.165) is 24.0 Å². The molecule has 1 saturated carbocycles. The zero-order valence-corrected chi connectivity index (χ0v) is 15.6. The van der Waals surface area contributed by atoms with Gasteiger partial charge < -0.3 is 16.2 Å². The first kappa shape index (κ1) is 17.7. The maximum Gasteiger partial charge on any atom is 0.223 e. The number of hydrogen-bond acceptors (Lipinski definition) is 3. The van der Waals surface area contributed by atoms with Crippen molar-refractivity contribution in [3.05, 3.63) is 63.6 Å². The molecule has 4 unspecified atom stereocenters. The lowest BCUT2D eigenvalue weighted by Gasteiger charge is -2.48. The van der Waals surface area contributed by atoms with Crippen LogP contribution in [-0.2, 0) is 10.3 Å². The van der Waals surface area contributed by atoms with Crippen molar-refractivity contribution in [2.75, 3.05) is 6.54 Å². The molecule has 4 nitrogen and oxygen atoms in total. The predicted octanol–water partition coefficient (Wildman–Crippen LogP) is 3.79. The van der Waals surface area contributed by atoms with Gasteiger partial charge in [-0.05, 0) is 48.2 Å². The summed E-state index contributed by atoms with van der Waals surface area (Å²) in [5.41, 5.74) is 8.20. The van der Waals surface area contributed by atoms with Crippen molar-refractivity contribution in [1.29, 1.82) is 0 Å². The van der Waals surface area contributed by atoms with Gasteiger partial charge in [0.25, 0.3) is 0 Å². The molecule has 0 radical (unpaired) electrons. The van der Waals surface area contributed by atoms with Gasteiger partial charge in [0.1, 0.15) is 5.75 Å². The summed E-state index contributed by atoms with van der Waals surface area (Å²) < 4.78 is 0. The van der Waals surface area contributed by atoms with Crippen LogP contribution >= 0.6 is 23.2 Å². The highest BCUT2D eigenvalue weighted by Crippen LogP contribution is 2.53. The van der Waals surface area contributed by atoms with Crippen molar-refractivity contribution in [3.63, 3.8) is 0 Å². The third-order valence-corrected chi connectivity index (χ3v) is 6.56. The maximum absolute atomic E-state index is 12.3. The van der Waals surface area contributed by atoms with Crippen LogP contribution in [-0.4, -0.2) is 17.6 Å². The van der Waals surface area contributed by atoms with E-state index < -0.39 is 5.54 Å². The van der Waals surface area contributed by atoms with Crippen molar-refractivity contribution >= 4 is 29.1 Å². The molecule has 2 aliphatic rings. The van der Waals surface area contributed by atoms with Crippen LogP contribution in [0, 0.1) is 11.8 Å². The van der Waals surface area contributed by atoms with Crippen LogP contribution in [0.4, 0.5) is 0 Å². The Labute approximate surface area is 162 Å². The number of carbonyl (C=O) groups excluding carboxylic acids is 1. The Hall–Kier alpha value is -1.75. The van der Waals surface area contributed by atoms with Gasteiger partial charge in [0.15, 0.2) is 0 Å². The molecule has 4 N–H and O–H groups in total. The summed E-state index contributed by atoms with van der Waals surface area (Å²) in [5, 5.41) is 13.8. The number of aromatic hydroxyl groups is 1. The summed E-state index contributed by atoms with van der Waals surface area (Å²) in [6.07, 6.45) is 1.52. The third-order valence-electron chi connectivity index (χ3n) is 5.98. The van der Waals surface area contributed by atoms with Gasteiger partial charge in [-0.1, -0.05) is 41.4 Å². The highest BCUT2D eigenvalue weighted by molar-refractivity contribution is 6.31. The van der Waals surface area contributed by atoms with Crippen LogP contribution < -0.4 is 11.1 Å². The Morgan fingerprint density at radius 2 is 1.85 bits per heavy atom. The molecule has 0 spiro atoms. The fourth-order valence-electron chi connectivity index (χ4n) is 4.71. The maximum atomic E-state index is 12.3. The number of amides is 1. The number of phenols is 1. The molecule has 1 aliphatic carbocycles. The lowest BCUT2D eigenvalue weighted by atomic mass is 9.58. The fraction of sp³-hybridized carbons (Fsp3) is 0.350. The van der Waals surface area contributed by atoms with E-state index in [1.165, 1.54) is 0 Å². The summed E-state index contributed by atoms with van der Waals surface area (Å²) in [6.45, 7) is 0.550. The lowest BCUT2D eigenvalue weighted by Crippen LogP contribution is -2.54. The van der Waals surface area contributed by atoms with Crippen molar-refractivity contribution < 1.29 is 9.90 Å². The van der Waals surface area contributed by atoms with Crippen molar-refractivity contribution in [3.8, 4) is 5.75 Å². The van der Waals surface area contributed by atoms with E-state index in [2.05, 4.69) is 5.32 Å². The molecular weight excluding hydrogens is 371 g/mol. The van der Waals surface area contributed by atoms with Gasteiger partial charge in [-0.25, -0.2) is 0 Å². The van der Waals surface area contributed by atoms with E-state index in [0.29, 0.717) is 16.6 Å². The van der Waals surface area contributed by atoms with Crippen molar-refractivity contribution in [2.24, 2.45) is 17.6 Å². The van der Waals surface area contributed by atoms with E-state index in [1.54, 1.807) is 12.1 Å². The Balaban J connectivity index is 1.86. The molecule has 136 valence electrons. The number of hydrogen-bond donors (Lipinski definition) is 3. The highest BCUT2D eigenvalue weighted by atomic mass is 35.5. The van der Waals surface area contributed by atoms with Gasteiger partial charge in [-0.15, -0.1) is 0 Å². The molecule has 26 heavy (non-hydrogen) atoms. The SMILES string of the molecule is NC1(c2ccc(Cl)cc2)C(c2ccc(O)cc2Cl)CCC2C(=O)NCC21. The second-order valence-corrected chi connectivity index (χ2v) is 8.08. The summed E-state index contributed by atoms with van der Waals surface area (Å²) in [4.78, 5) is 12.3. The number of rotatable bonds is 2. The number of nitrogens with two attached hydrogens (primary N) is 1. The highest BCUT2D eigenvalue weighted by Gasteiger charge is 2.55. The molecule has 2 fully saturated rings. The van der Waals surface area contributed by atoms with Gasteiger partial charge in [-0.2, -0.15) is 0 Å². The molecule has 2 aromatic carbocycles. The molecular formula is C20H20Cl2N2O2. The number of carbonyl (C=O) groups is 1. The average molecular weight is 391 g/mol. The normalized spacial score (nSPS) is 30.7. The average Bonchev–Trinajstić information content (AvgIpc) is 2.99. The minimum absolute atomic E-state index is 0.0280. The quantitative estimate of drug-likeness (QED) is 0.729. The molecule has 1 heterocycles. The van der Waals surface area contributed by atoms with Crippen LogP contribution in [0.25, 0.3) is 0 Å². The zero-order valence-electron chi connectivity index (χ0n) is 14.1. The minimum atomic E-state index is -0.757. The molecule has 1 saturated heterocycles. The summed E-state index contributed by atoms with van der Waals surface area (Å²) >= 11 is 12.5. The van der Waals surface area contributed by atoms with Gasteiger partial charge in [0.2, 0.25) is 5.91 Å². The summed E-state index contributed by atoms with van der Waals surface area (Å²) in [7, 11) is 0. The molecule has 1 amide bonds. The second kappa shape index (κ2) is 6.45. The topological polar surface area (TPSA) is 75.3 Å². The van der Waals surface area contributed by atoms with E-state index in [1.807, 2.05) is 30.3 Å². The molecule has 0 aromatic heterocycles. The zero-order chi connectivity index (χ0) is 18.5. The minimum Gasteiger partial charge on any atom is -0.508 e. The lowest BCUT2D eigenvalue weighted by molar-refractivity contribution is -0.124. The predicted molar refractivity (Wildman–Crippen MR) is 102 cm³/mol. The Morgan fingerprint density at radius 3 is 2.54 bits per heavy atom. The standard InChI is InChI=1S/C20H20Cl2N2O2/c21-12-3-1-11(2-4-12)20(23)16(14-6-5-13(25)9-18(14)22)8-7-15-17(20)10-24-19(15)26/h1-6,9,15-17,25H,7-8,10,23H2,(H,24,26). The van der Waals surface area contributed by atoms with Crippen LogP contribution in [0.5, 0.6) is 5.75 Å². The molecule has 1 aliphatic heterocycles. The van der Waals surface area contributed by atoms with Gasteiger partial charge in [-0.3, -0.25) is 4.79 Å².